The van der Waals surface area contributed by atoms with E-state index >= 15 is 0 Å². The number of hydrogen-bond acceptors (Lipinski definition) is 3. The largest absolute Gasteiger partial charge is 0.409 e. The number of amidine groups is 1. The Bertz CT molecular complexity index is 393. The first-order valence-corrected chi connectivity index (χ1v) is 6.39. The first-order chi connectivity index (χ1) is 8.13. The van der Waals surface area contributed by atoms with Crippen LogP contribution in [-0.4, -0.2) is 17.6 Å². The van der Waals surface area contributed by atoms with Crippen molar-refractivity contribution < 1.29 is 5.21 Å². The summed E-state index contributed by atoms with van der Waals surface area (Å²) in [5.41, 5.74) is 7.72. The predicted molar refractivity (Wildman–Crippen MR) is 74.6 cm³/mol. The highest BCUT2D eigenvalue weighted by Gasteiger charge is 1.99. The van der Waals surface area contributed by atoms with Crippen molar-refractivity contribution in [3.8, 4) is 0 Å². The van der Waals surface area contributed by atoms with E-state index in [4.69, 9.17) is 10.9 Å². The summed E-state index contributed by atoms with van der Waals surface area (Å²) in [5, 5.41) is 14.7. The lowest BCUT2D eigenvalue weighted by Crippen LogP contribution is -2.12. The van der Waals surface area contributed by atoms with Crippen LogP contribution in [0.1, 0.15) is 24.8 Å². The second-order valence-electron chi connectivity index (χ2n) is 3.96. The Kier molecular flexibility index (Phi) is 5.83. The van der Waals surface area contributed by atoms with Crippen molar-refractivity contribution in [2.45, 2.75) is 26.2 Å². The van der Waals surface area contributed by atoms with E-state index in [1.54, 1.807) is 0 Å². The van der Waals surface area contributed by atoms with Crippen LogP contribution in [0, 0.1) is 6.92 Å². The average Bonchev–Trinajstić information content (AvgIpc) is 2.32. The molecule has 0 bridgehead atoms. The van der Waals surface area contributed by atoms with Crippen molar-refractivity contribution >= 4 is 27.5 Å². The zero-order valence-electron chi connectivity index (χ0n) is 9.91. The molecule has 1 aromatic carbocycles. The van der Waals surface area contributed by atoms with Crippen LogP contribution in [0.4, 0.5) is 5.69 Å². The minimum absolute atomic E-state index is 0.293. The van der Waals surface area contributed by atoms with Crippen LogP contribution < -0.4 is 11.1 Å². The number of rotatable bonds is 6. The fourth-order valence-electron chi connectivity index (χ4n) is 1.48. The highest BCUT2D eigenvalue weighted by atomic mass is 79.9. The van der Waals surface area contributed by atoms with E-state index in [0.29, 0.717) is 12.3 Å². The number of benzene rings is 1. The van der Waals surface area contributed by atoms with Crippen molar-refractivity contribution in [2.24, 2.45) is 10.9 Å². The van der Waals surface area contributed by atoms with Gasteiger partial charge < -0.3 is 16.3 Å². The van der Waals surface area contributed by atoms with Crippen LogP contribution in [0.15, 0.2) is 27.8 Å². The van der Waals surface area contributed by atoms with Gasteiger partial charge in [0.1, 0.15) is 5.84 Å². The van der Waals surface area contributed by atoms with Crippen molar-refractivity contribution in [3.63, 3.8) is 0 Å². The van der Waals surface area contributed by atoms with Crippen LogP contribution in [0.5, 0.6) is 0 Å². The fourth-order valence-corrected chi connectivity index (χ4v) is 1.87. The van der Waals surface area contributed by atoms with Crippen LogP contribution in [0.25, 0.3) is 0 Å². The molecule has 0 radical (unpaired) electrons. The molecular formula is C12H18BrN3O. The maximum atomic E-state index is 8.38. The van der Waals surface area contributed by atoms with Crippen molar-refractivity contribution in [1.29, 1.82) is 0 Å². The molecule has 1 aromatic rings. The summed E-state index contributed by atoms with van der Waals surface area (Å²) in [4.78, 5) is 0. The van der Waals surface area contributed by atoms with Crippen LogP contribution >= 0.6 is 15.9 Å². The lowest BCUT2D eigenvalue weighted by Gasteiger charge is -2.09. The second-order valence-corrected chi connectivity index (χ2v) is 4.81. The SMILES string of the molecule is Cc1ccc(Br)c(NCCCC/C(N)=N/O)c1. The molecule has 5 heteroatoms. The summed E-state index contributed by atoms with van der Waals surface area (Å²) in [7, 11) is 0. The van der Waals surface area contributed by atoms with Crippen molar-refractivity contribution in [3.05, 3.63) is 28.2 Å². The van der Waals surface area contributed by atoms with Gasteiger partial charge in [-0.25, -0.2) is 0 Å². The molecule has 4 N–H and O–H groups in total. The van der Waals surface area contributed by atoms with Gasteiger partial charge >= 0.3 is 0 Å². The third-order valence-electron chi connectivity index (χ3n) is 2.43. The van der Waals surface area contributed by atoms with Crippen LogP contribution in [0.3, 0.4) is 0 Å². The third-order valence-corrected chi connectivity index (χ3v) is 3.12. The zero-order chi connectivity index (χ0) is 12.7. The molecule has 0 heterocycles. The standard InChI is InChI=1S/C12H18BrN3O/c1-9-5-6-10(13)11(8-9)15-7-3-2-4-12(14)16-17/h5-6,8,15,17H,2-4,7H2,1H3,(H2,14,16). The summed E-state index contributed by atoms with van der Waals surface area (Å²) < 4.78 is 1.07. The second kappa shape index (κ2) is 7.17. The minimum atomic E-state index is 0.293. The zero-order valence-corrected chi connectivity index (χ0v) is 11.5. The van der Waals surface area contributed by atoms with Gasteiger partial charge in [-0.3, -0.25) is 0 Å². The number of hydrogen-bond donors (Lipinski definition) is 3. The molecule has 17 heavy (non-hydrogen) atoms. The number of unbranched alkanes of at least 4 members (excludes halogenated alkanes) is 1. The van der Waals surface area contributed by atoms with E-state index in [0.717, 1.165) is 29.5 Å². The Hall–Kier alpha value is -1.23. The molecule has 0 aliphatic rings. The Morgan fingerprint density at radius 1 is 1.47 bits per heavy atom. The van der Waals surface area contributed by atoms with Gasteiger partial charge in [0.05, 0.1) is 0 Å². The Labute approximate surface area is 110 Å². The van der Waals surface area contributed by atoms with Crippen LogP contribution in [0.2, 0.25) is 0 Å². The number of nitrogens with one attached hydrogen (secondary N) is 1. The number of oxime groups is 1. The van der Waals surface area contributed by atoms with Crippen molar-refractivity contribution in [1.82, 2.24) is 0 Å². The number of nitrogens with two attached hydrogens (primary N) is 1. The van der Waals surface area contributed by atoms with Gasteiger partial charge in [0, 0.05) is 23.1 Å². The number of anilines is 1. The third kappa shape index (κ3) is 5.08. The summed E-state index contributed by atoms with van der Waals surface area (Å²) in [6.45, 7) is 2.94. The summed E-state index contributed by atoms with van der Waals surface area (Å²) in [5.74, 6) is 0.293. The van der Waals surface area contributed by atoms with E-state index in [9.17, 15) is 0 Å². The molecule has 0 saturated heterocycles. The van der Waals surface area contributed by atoms with Crippen molar-refractivity contribution in [2.75, 3.05) is 11.9 Å². The molecule has 0 fully saturated rings. The number of nitrogens with zero attached hydrogens (tertiary/aromatic N) is 1. The van der Waals surface area contributed by atoms with Gasteiger partial charge in [-0.1, -0.05) is 11.2 Å². The topological polar surface area (TPSA) is 70.6 Å². The summed E-state index contributed by atoms with van der Waals surface area (Å²) in [6.07, 6.45) is 2.52. The Morgan fingerprint density at radius 3 is 2.94 bits per heavy atom. The smallest absolute Gasteiger partial charge is 0.139 e. The van der Waals surface area contributed by atoms with Gasteiger partial charge in [-0.05, 0) is 53.4 Å². The lowest BCUT2D eigenvalue weighted by atomic mass is 10.2. The highest BCUT2D eigenvalue weighted by Crippen LogP contribution is 2.23. The van der Waals surface area contributed by atoms with E-state index in [1.165, 1.54) is 5.56 Å². The van der Waals surface area contributed by atoms with Gasteiger partial charge in [0.15, 0.2) is 0 Å². The van der Waals surface area contributed by atoms with E-state index in [2.05, 4.69) is 45.5 Å². The fraction of sp³-hybridized carbons (Fsp3) is 0.417. The predicted octanol–water partition coefficient (Wildman–Crippen LogP) is 3.09. The maximum Gasteiger partial charge on any atom is 0.139 e. The molecular weight excluding hydrogens is 282 g/mol. The lowest BCUT2D eigenvalue weighted by molar-refractivity contribution is 0.316. The molecule has 0 aromatic heterocycles. The minimum Gasteiger partial charge on any atom is -0.409 e. The quantitative estimate of drug-likeness (QED) is 0.248. The molecule has 1 rings (SSSR count). The first-order valence-electron chi connectivity index (χ1n) is 5.60. The molecule has 0 saturated carbocycles. The number of aryl methyl sites for hydroxylation is 1. The molecule has 0 atom stereocenters. The molecule has 0 unspecified atom stereocenters. The molecule has 0 aliphatic heterocycles. The Morgan fingerprint density at radius 2 is 2.24 bits per heavy atom. The average molecular weight is 300 g/mol. The molecule has 4 nitrogen and oxygen atoms in total. The monoisotopic (exact) mass is 299 g/mol. The molecule has 0 amide bonds. The normalized spacial score (nSPS) is 11.5. The molecule has 0 aliphatic carbocycles. The van der Waals surface area contributed by atoms with E-state index in [1.807, 2.05) is 6.07 Å². The van der Waals surface area contributed by atoms with E-state index < -0.39 is 0 Å². The summed E-state index contributed by atoms with van der Waals surface area (Å²) >= 11 is 3.50. The highest BCUT2D eigenvalue weighted by molar-refractivity contribution is 9.10. The maximum absolute atomic E-state index is 8.38. The van der Waals surface area contributed by atoms with Gasteiger partial charge in [-0.15, -0.1) is 0 Å². The van der Waals surface area contributed by atoms with Gasteiger partial charge in [-0.2, -0.15) is 0 Å². The first kappa shape index (κ1) is 13.8. The van der Waals surface area contributed by atoms with Crippen LogP contribution in [-0.2, 0) is 0 Å². The van der Waals surface area contributed by atoms with E-state index in [-0.39, 0.29) is 0 Å². The molecule has 94 valence electrons. The van der Waals surface area contributed by atoms with Gasteiger partial charge in [0.2, 0.25) is 0 Å². The van der Waals surface area contributed by atoms with Gasteiger partial charge in [0.25, 0.3) is 0 Å². The number of halogens is 1. The Balaban J connectivity index is 2.29. The summed E-state index contributed by atoms with van der Waals surface area (Å²) in [6, 6.07) is 6.20. The molecule has 0 spiro atoms.